The van der Waals surface area contributed by atoms with Gasteiger partial charge in [-0.25, -0.2) is 22.0 Å². The number of nitrogens with two attached hydrogens (primary N) is 1. The monoisotopic (exact) mass is 460 g/mol. The molecule has 14 heteroatoms. The van der Waals surface area contributed by atoms with Crippen LogP contribution in [0.5, 0.6) is 0 Å². The van der Waals surface area contributed by atoms with Crippen molar-refractivity contribution in [2.75, 3.05) is 5.88 Å². The number of nitrogens with one attached hydrogen (secondary N) is 1. The first kappa shape index (κ1) is 21.2. The van der Waals surface area contributed by atoms with Gasteiger partial charge in [0.2, 0.25) is 20.0 Å². The first-order chi connectivity index (χ1) is 13.2. The third-order valence-electron chi connectivity index (χ3n) is 4.02. The van der Waals surface area contributed by atoms with Crippen molar-refractivity contribution >= 4 is 41.7 Å². The van der Waals surface area contributed by atoms with Crippen LogP contribution in [-0.2, 0) is 30.2 Å². The Morgan fingerprint density at radius 3 is 1.69 bits per heavy atom. The van der Waals surface area contributed by atoms with E-state index in [9.17, 15) is 34.8 Å². The van der Waals surface area contributed by atoms with Gasteiger partial charge < -0.3 is 0 Å². The maximum atomic E-state index is 13.0. The van der Waals surface area contributed by atoms with Gasteiger partial charge in [-0.2, -0.15) is 13.1 Å². The fourth-order valence-corrected chi connectivity index (χ4v) is 5.73. The van der Waals surface area contributed by atoms with Crippen LogP contribution in [0.4, 0.5) is 0 Å². The average Bonchev–Trinajstić information content (AvgIpc) is 2.62. The van der Waals surface area contributed by atoms with Crippen LogP contribution in [0.2, 0.25) is 0 Å². The predicted octanol–water partition coefficient (Wildman–Crippen LogP) is -0.767. The van der Waals surface area contributed by atoms with E-state index in [-0.39, 0.29) is 5.56 Å². The summed E-state index contributed by atoms with van der Waals surface area (Å²) in [5, 5.41) is 5.11. The number of sulfonamides is 2. The van der Waals surface area contributed by atoms with Crippen molar-refractivity contribution in [1.29, 1.82) is 0 Å². The van der Waals surface area contributed by atoms with Crippen molar-refractivity contribution < 1.29 is 39.4 Å². The van der Waals surface area contributed by atoms with E-state index in [4.69, 9.17) is 9.69 Å². The van der Waals surface area contributed by atoms with Gasteiger partial charge in [0.15, 0.2) is 11.6 Å². The van der Waals surface area contributed by atoms with Gasteiger partial charge in [-0.3, -0.25) is 14.1 Å². The minimum Gasteiger partial charge on any atom is -0.289 e. The van der Waals surface area contributed by atoms with E-state index in [0.29, 0.717) is 0 Å². The van der Waals surface area contributed by atoms with Crippen LogP contribution in [0.25, 0.3) is 0 Å². The second kappa shape index (κ2) is 6.79. The van der Waals surface area contributed by atoms with Crippen molar-refractivity contribution in [2.45, 2.75) is 9.79 Å². The fraction of sp³-hybridized carbons (Fsp3) is 0.0667. The third-order valence-corrected chi connectivity index (χ3v) is 7.11. The highest BCUT2D eigenvalue weighted by Crippen LogP contribution is 2.34. The van der Waals surface area contributed by atoms with Crippen LogP contribution in [0.1, 0.15) is 31.8 Å². The summed E-state index contributed by atoms with van der Waals surface area (Å²) in [6, 6.07) is 6.56. The van der Waals surface area contributed by atoms with Gasteiger partial charge in [-0.15, -0.1) is 0 Å². The molecule has 0 saturated heterocycles. The summed E-state index contributed by atoms with van der Waals surface area (Å²) >= 11 is 0. The van der Waals surface area contributed by atoms with Gasteiger partial charge in [0.05, 0.1) is 20.9 Å². The summed E-state index contributed by atoms with van der Waals surface area (Å²) in [5.74, 6) is -3.26. The van der Waals surface area contributed by atoms with E-state index in [0.717, 1.165) is 30.3 Å². The molecule has 2 aromatic rings. The van der Waals surface area contributed by atoms with Crippen molar-refractivity contribution in [3.05, 3.63) is 58.7 Å². The molecule has 2 aromatic carbocycles. The smallest absolute Gasteiger partial charge is 0.279 e. The molecule has 154 valence electrons. The van der Waals surface area contributed by atoms with Crippen LogP contribution in [0.15, 0.2) is 46.2 Å². The van der Waals surface area contributed by atoms with E-state index < -0.39 is 74.1 Å². The van der Waals surface area contributed by atoms with Crippen LogP contribution in [-0.4, -0.2) is 47.2 Å². The number of rotatable bonds is 5. The SMILES string of the molecule is NS(=O)(=O)c1cccc2c1C(=O)c1cccc(S(=O)(=O)NCS(=O)(=O)O)c1C2=O. The number of carbonyl (C=O) groups is 2. The standard InChI is InChI=1S/C15H12N2O9S3/c16-28(23,24)10-5-1-3-8-12(10)14(18)9-4-2-6-11(13(9)15(8)19)29(25,26)17-7-27(20,21)22/h1-6,17H,7H2,(H2,16,23,24)(H,20,21,22). The Balaban J connectivity index is 2.25. The zero-order valence-corrected chi connectivity index (χ0v) is 16.6. The lowest BCUT2D eigenvalue weighted by atomic mass is 9.84. The number of benzene rings is 2. The average molecular weight is 460 g/mol. The second-order valence-corrected chi connectivity index (χ2v) is 10.7. The molecule has 0 atom stereocenters. The van der Waals surface area contributed by atoms with E-state index in [1.54, 1.807) is 4.72 Å². The van der Waals surface area contributed by atoms with Crippen molar-refractivity contribution in [1.82, 2.24) is 4.72 Å². The molecule has 0 aromatic heterocycles. The van der Waals surface area contributed by atoms with E-state index in [1.165, 1.54) is 6.07 Å². The number of carbonyl (C=O) groups excluding carboxylic acids is 2. The van der Waals surface area contributed by atoms with Gasteiger partial charge in [0.25, 0.3) is 10.1 Å². The zero-order valence-electron chi connectivity index (χ0n) is 14.2. The lowest BCUT2D eigenvalue weighted by Gasteiger charge is -2.21. The Morgan fingerprint density at radius 2 is 1.24 bits per heavy atom. The Bertz CT molecular complexity index is 1390. The highest BCUT2D eigenvalue weighted by atomic mass is 32.2. The molecule has 0 aliphatic heterocycles. The Hall–Kier alpha value is -2.49. The van der Waals surface area contributed by atoms with E-state index in [2.05, 4.69) is 0 Å². The van der Waals surface area contributed by atoms with Crippen LogP contribution in [0.3, 0.4) is 0 Å². The summed E-state index contributed by atoms with van der Waals surface area (Å²) in [7, 11) is -13.7. The molecule has 0 amide bonds. The van der Waals surface area contributed by atoms with Crippen molar-refractivity contribution in [2.24, 2.45) is 5.14 Å². The summed E-state index contributed by atoms with van der Waals surface area (Å²) in [4.78, 5) is 24.6. The van der Waals surface area contributed by atoms with Crippen LogP contribution in [0, 0.1) is 0 Å². The molecular formula is C15H12N2O9S3. The number of primary sulfonamides is 1. The summed E-state index contributed by atoms with van der Waals surface area (Å²) < 4.78 is 80.6. The molecule has 3 rings (SSSR count). The highest BCUT2D eigenvalue weighted by Gasteiger charge is 2.37. The number of hydrogen-bond donors (Lipinski definition) is 3. The fourth-order valence-electron chi connectivity index (χ4n) is 2.87. The number of fused-ring (bicyclic) bond motifs is 2. The molecule has 1 aliphatic carbocycles. The zero-order chi connectivity index (χ0) is 21.8. The Morgan fingerprint density at radius 1 is 0.793 bits per heavy atom. The van der Waals surface area contributed by atoms with Crippen LogP contribution < -0.4 is 9.86 Å². The molecule has 0 radical (unpaired) electrons. The molecule has 4 N–H and O–H groups in total. The lowest BCUT2D eigenvalue weighted by molar-refractivity contribution is 0.0974. The summed E-state index contributed by atoms with van der Waals surface area (Å²) in [6.07, 6.45) is 0. The minimum atomic E-state index is -4.70. The Kier molecular flexibility index (Phi) is 4.97. The number of hydrogen-bond acceptors (Lipinski definition) is 8. The quantitative estimate of drug-likeness (QED) is 0.410. The van der Waals surface area contributed by atoms with E-state index in [1.807, 2.05) is 0 Å². The van der Waals surface area contributed by atoms with Gasteiger partial charge >= 0.3 is 0 Å². The summed E-state index contributed by atoms with van der Waals surface area (Å²) in [6.45, 7) is 0. The second-order valence-electron chi connectivity index (χ2n) is 5.93. The Labute approximate surface area is 165 Å². The molecule has 0 saturated carbocycles. The van der Waals surface area contributed by atoms with Gasteiger partial charge in [-0.1, -0.05) is 24.3 Å². The molecule has 0 fully saturated rings. The first-order valence-electron chi connectivity index (χ1n) is 7.57. The molecule has 0 bridgehead atoms. The molecule has 0 heterocycles. The summed E-state index contributed by atoms with van der Waals surface area (Å²) in [5.41, 5.74) is -1.80. The molecule has 1 aliphatic rings. The van der Waals surface area contributed by atoms with Gasteiger partial charge in [-0.05, 0) is 12.1 Å². The van der Waals surface area contributed by atoms with E-state index >= 15 is 0 Å². The van der Waals surface area contributed by atoms with Crippen molar-refractivity contribution in [3.8, 4) is 0 Å². The van der Waals surface area contributed by atoms with Crippen LogP contribution >= 0.6 is 0 Å². The third kappa shape index (κ3) is 3.85. The molecule has 0 unspecified atom stereocenters. The lowest BCUT2D eigenvalue weighted by Crippen LogP contribution is -2.33. The maximum Gasteiger partial charge on any atom is 0.279 e. The molecule has 0 spiro atoms. The number of ketones is 2. The van der Waals surface area contributed by atoms with Gasteiger partial charge in [0, 0.05) is 11.1 Å². The van der Waals surface area contributed by atoms with Gasteiger partial charge in [0.1, 0.15) is 5.88 Å². The molecular weight excluding hydrogens is 448 g/mol. The predicted molar refractivity (Wildman–Crippen MR) is 97.9 cm³/mol. The van der Waals surface area contributed by atoms with Crippen molar-refractivity contribution in [3.63, 3.8) is 0 Å². The topological polar surface area (TPSA) is 195 Å². The largest absolute Gasteiger partial charge is 0.289 e. The normalized spacial score (nSPS) is 14.4. The highest BCUT2D eigenvalue weighted by molar-refractivity contribution is 7.91. The molecule has 11 nitrogen and oxygen atoms in total. The first-order valence-corrected chi connectivity index (χ1v) is 12.2. The minimum absolute atomic E-state index is 0.369. The molecule has 29 heavy (non-hydrogen) atoms. The maximum absolute atomic E-state index is 13.0.